The molecule has 4 aromatic carbocycles. The van der Waals surface area contributed by atoms with Crippen molar-refractivity contribution in [3.8, 4) is 17.1 Å². The summed E-state index contributed by atoms with van der Waals surface area (Å²) in [6.45, 7) is 7.60. The molecule has 236 valence electrons. The highest BCUT2D eigenvalue weighted by atomic mass is 16.5. The summed E-state index contributed by atoms with van der Waals surface area (Å²) in [4.78, 5) is 19.7. The second-order valence-electron chi connectivity index (χ2n) is 11.5. The van der Waals surface area contributed by atoms with E-state index in [-0.39, 0.29) is 18.4 Å². The van der Waals surface area contributed by atoms with E-state index >= 15 is 0 Å². The first kappa shape index (κ1) is 30.9. The molecule has 0 fully saturated rings. The zero-order valence-electron chi connectivity index (χ0n) is 26.7. The van der Waals surface area contributed by atoms with Crippen molar-refractivity contribution in [1.82, 2.24) is 25.1 Å². The molecular formula is C37H41N7O2. The predicted molar refractivity (Wildman–Crippen MR) is 185 cm³/mol. The molecule has 0 saturated carbocycles. The largest absolute Gasteiger partial charge is 0.497 e. The summed E-state index contributed by atoms with van der Waals surface area (Å²) < 4.78 is 7.65. The second-order valence-corrected chi connectivity index (χ2v) is 11.5. The maximum absolute atomic E-state index is 12.2. The van der Waals surface area contributed by atoms with Gasteiger partial charge in [0.1, 0.15) is 11.6 Å². The van der Waals surface area contributed by atoms with Gasteiger partial charge in [0, 0.05) is 55.3 Å². The normalized spacial score (nSPS) is 12.1. The van der Waals surface area contributed by atoms with Crippen LogP contribution in [0.4, 0.5) is 5.69 Å². The lowest BCUT2D eigenvalue weighted by molar-refractivity contribution is -0.118. The van der Waals surface area contributed by atoms with E-state index < -0.39 is 0 Å². The first-order valence-electron chi connectivity index (χ1n) is 15.9. The van der Waals surface area contributed by atoms with Crippen LogP contribution in [0.25, 0.3) is 33.3 Å². The van der Waals surface area contributed by atoms with Crippen molar-refractivity contribution in [1.29, 1.82) is 0 Å². The van der Waals surface area contributed by atoms with Crippen LogP contribution in [0.2, 0.25) is 0 Å². The molecule has 4 N–H and O–H groups in total. The van der Waals surface area contributed by atoms with Gasteiger partial charge in [-0.1, -0.05) is 24.3 Å². The van der Waals surface area contributed by atoms with Crippen LogP contribution in [0.1, 0.15) is 43.0 Å². The van der Waals surface area contributed by atoms with E-state index in [1.807, 2.05) is 24.4 Å². The van der Waals surface area contributed by atoms with Crippen LogP contribution in [0.15, 0.2) is 91.1 Å². The predicted octanol–water partition coefficient (Wildman–Crippen LogP) is 6.38. The Kier molecular flexibility index (Phi) is 9.30. The Labute approximate surface area is 269 Å². The maximum atomic E-state index is 12.2. The van der Waals surface area contributed by atoms with Gasteiger partial charge < -0.3 is 25.3 Å². The minimum atomic E-state index is -0.359. The molecule has 0 spiro atoms. The number of carbonyl (C=O) groups excluding carboxylic acids is 1. The summed E-state index contributed by atoms with van der Waals surface area (Å²) in [6.07, 6.45) is 2.83. The third-order valence-electron chi connectivity index (χ3n) is 8.67. The van der Waals surface area contributed by atoms with Gasteiger partial charge in [0.05, 0.1) is 29.9 Å². The zero-order chi connectivity index (χ0) is 32.0. The van der Waals surface area contributed by atoms with Gasteiger partial charge in [-0.3, -0.25) is 9.89 Å². The molecule has 46 heavy (non-hydrogen) atoms. The van der Waals surface area contributed by atoms with Crippen LogP contribution in [0.3, 0.4) is 0 Å². The van der Waals surface area contributed by atoms with Crippen molar-refractivity contribution in [3.05, 3.63) is 108 Å². The number of nitrogens with two attached hydrogens (primary N) is 1. The van der Waals surface area contributed by atoms with Crippen LogP contribution >= 0.6 is 0 Å². The summed E-state index contributed by atoms with van der Waals surface area (Å²) in [5.41, 5.74) is 14.2. The van der Waals surface area contributed by atoms with Crippen LogP contribution in [0.5, 0.6) is 5.75 Å². The molecule has 1 amide bonds. The number of nitrogens with zero attached hydrogens (tertiary/aromatic N) is 4. The number of primary amides is 1. The Hall–Kier alpha value is -5.15. The molecule has 9 heteroatoms. The van der Waals surface area contributed by atoms with Gasteiger partial charge in [0.2, 0.25) is 5.91 Å². The number of hydrogen-bond acceptors (Lipinski definition) is 6. The number of ether oxygens (including phenoxy) is 1. The second kappa shape index (κ2) is 13.9. The molecule has 0 aliphatic heterocycles. The molecule has 6 rings (SSSR count). The summed E-state index contributed by atoms with van der Waals surface area (Å²) in [5.74, 6) is 1.40. The van der Waals surface area contributed by atoms with E-state index in [0.29, 0.717) is 6.54 Å². The lowest BCUT2D eigenvalue weighted by Crippen LogP contribution is -2.26. The number of nitrogens with one attached hydrogen (secondary N) is 2. The molecule has 6 aromatic rings. The number of benzene rings is 4. The zero-order valence-corrected chi connectivity index (χ0v) is 26.7. The van der Waals surface area contributed by atoms with Gasteiger partial charge in [0.25, 0.3) is 0 Å². The van der Waals surface area contributed by atoms with Crippen molar-refractivity contribution in [3.63, 3.8) is 0 Å². The molecule has 1 atom stereocenters. The first-order chi connectivity index (χ1) is 22.4. The molecule has 9 nitrogen and oxygen atoms in total. The SMILES string of the molecule is CCN(CC)c1ccc(-c2nc3cc(C(CC(N)=O)NCc4ccc5[nH]ncc5c4)ccc3n2CCc2ccc(OC)cc2)cc1. The van der Waals surface area contributed by atoms with E-state index in [9.17, 15) is 4.79 Å². The maximum Gasteiger partial charge on any atom is 0.219 e. The Morgan fingerprint density at radius 2 is 1.74 bits per heavy atom. The number of amides is 1. The van der Waals surface area contributed by atoms with E-state index in [1.54, 1.807) is 7.11 Å². The van der Waals surface area contributed by atoms with Crippen molar-refractivity contribution < 1.29 is 9.53 Å². The highest BCUT2D eigenvalue weighted by molar-refractivity contribution is 5.82. The lowest BCUT2D eigenvalue weighted by atomic mass is 10.0. The fourth-order valence-electron chi connectivity index (χ4n) is 6.11. The number of anilines is 1. The first-order valence-corrected chi connectivity index (χ1v) is 15.9. The number of imidazole rings is 1. The summed E-state index contributed by atoms with van der Waals surface area (Å²) >= 11 is 0. The fourth-order valence-corrected chi connectivity index (χ4v) is 6.11. The van der Waals surface area contributed by atoms with Gasteiger partial charge >= 0.3 is 0 Å². The molecule has 2 aromatic heterocycles. The van der Waals surface area contributed by atoms with Gasteiger partial charge in [-0.15, -0.1) is 0 Å². The minimum Gasteiger partial charge on any atom is -0.497 e. The van der Waals surface area contributed by atoms with Crippen molar-refractivity contribution in [2.45, 2.75) is 45.8 Å². The summed E-state index contributed by atoms with van der Waals surface area (Å²) in [7, 11) is 1.68. The van der Waals surface area contributed by atoms with Gasteiger partial charge in [-0.2, -0.15) is 5.10 Å². The standard InChI is InChI=1S/C37H41N7O2/c1-4-43(5-2)30-12-9-27(10-13-30)37-41-34-21-28(11-17-35(34)44(37)19-18-25-6-14-31(46-3)15-7-25)33(22-36(38)45)39-23-26-8-16-32-29(20-26)24-40-42-32/h6-17,20-21,24,33,39H,4-5,18-19,22-23H2,1-3H3,(H2,38,45)(H,40,42). The number of H-pyrrole nitrogens is 1. The van der Waals surface area contributed by atoms with Crippen molar-refractivity contribution >= 4 is 33.5 Å². The molecule has 1 unspecified atom stereocenters. The number of hydrogen-bond donors (Lipinski definition) is 3. The average molecular weight is 616 g/mol. The molecule has 0 aliphatic carbocycles. The van der Waals surface area contributed by atoms with Crippen LogP contribution in [-0.2, 0) is 24.3 Å². The van der Waals surface area contributed by atoms with Gasteiger partial charge in [0.15, 0.2) is 0 Å². The van der Waals surface area contributed by atoms with Crippen LogP contribution < -0.4 is 20.7 Å². The highest BCUT2D eigenvalue weighted by Crippen LogP contribution is 2.30. The number of aromatic amines is 1. The Balaban J connectivity index is 1.33. The van der Waals surface area contributed by atoms with Gasteiger partial charge in [-0.05, 0) is 97.6 Å². The van der Waals surface area contributed by atoms with Crippen molar-refractivity contribution in [2.75, 3.05) is 25.1 Å². The fraction of sp³-hybridized carbons (Fsp3) is 0.270. The number of aromatic nitrogens is 4. The van der Waals surface area contributed by atoms with E-state index in [1.165, 1.54) is 11.3 Å². The molecule has 0 radical (unpaired) electrons. The summed E-state index contributed by atoms with van der Waals surface area (Å²) in [5, 5.41) is 11.7. The number of aryl methyl sites for hydroxylation is 2. The molecule has 0 saturated heterocycles. The van der Waals surface area contributed by atoms with E-state index in [0.717, 1.165) is 76.3 Å². The molecule has 0 aliphatic rings. The lowest BCUT2D eigenvalue weighted by Gasteiger charge is -2.21. The minimum absolute atomic E-state index is 0.178. The summed E-state index contributed by atoms with van der Waals surface area (Å²) in [6, 6.07) is 29.1. The third-order valence-corrected chi connectivity index (χ3v) is 8.67. The quantitative estimate of drug-likeness (QED) is 0.131. The van der Waals surface area contributed by atoms with E-state index in [4.69, 9.17) is 15.5 Å². The third kappa shape index (κ3) is 6.74. The number of methoxy groups -OCH3 is 1. The highest BCUT2D eigenvalue weighted by Gasteiger charge is 2.19. The Morgan fingerprint density at radius 3 is 2.46 bits per heavy atom. The Bertz CT molecular complexity index is 1920. The van der Waals surface area contributed by atoms with Gasteiger partial charge in [-0.25, -0.2) is 4.98 Å². The van der Waals surface area contributed by atoms with Crippen LogP contribution in [0, 0.1) is 0 Å². The van der Waals surface area contributed by atoms with Crippen LogP contribution in [-0.4, -0.2) is 45.9 Å². The topological polar surface area (TPSA) is 114 Å². The smallest absolute Gasteiger partial charge is 0.219 e. The monoisotopic (exact) mass is 615 g/mol. The Morgan fingerprint density at radius 1 is 0.978 bits per heavy atom. The number of fused-ring (bicyclic) bond motifs is 2. The molecule has 0 bridgehead atoms. The number of rotatable bonds is 14. The van der Waals surface area contributed by atoms with Crippen molar-refractivity contribution in [2.24, 2.45) is 5.73 Å². The average Bonchev–Trinajstić information content (AvgIpc) is 3.70. The molecule has 2 heterocycles. The molecular weight excluding hydrogens is 574 g/mol. The number of carbonyl (C=O) groups is 1. The van der Waals surface area contributed by atoms with E-state index in [2.05, 4.69) is 106 Å².